The lowest BCUT2D eigenvalue weighted by Crippen LogP contribution is -2.30. The van der Waals surface area contributed by atoms with E-state index < -0.39 is 0 Å². The number of anilines is 1. The van der Waals surface area contributed by atoms with Crippen molar-refractivity contribution in [3.05, 3.63) is 29.7 Å². The van der Waals surface area contributed by atoms with Gasteiger partial charge in [-0.2, -0.15) is 0 Å². The molecule has 1 aliphatic carbocycles. The lowest BCUT2D eigenvalue weighted by Gasteiger charge is -2.17. The molecule has 0 bridgehead atoms. The van der Waals surface area contributed by atoms with E-state index in [0.717, 1.165) is 23.4 Å². The summed E-state index contributed by atoms with van der Waals surface area (Å²) in [5.41, 5.74) is 3.36. The summed E-state index contributed by atoms with van der Waals surface area (Å²) in [4.78, 5) is 31.4. The van der Waals surface area contributed by atoms with Crippen molar-refractivity contribution in [3.63, 3.8) is 0 Å². The van der Waals surface area contributed by atoms with Crippen LogP contribution in [0, 0.1) is 0 Å². The molecule has 2 aromatic rings. The summed E-state index contributed by atoms with van der Waals surface area (Å²) in [5, 5.41) is 0. The number of carbonyl (C=O) groups excluding carboxylic acids is 2. The van der Waals surface area contributed by atoms with Crippen molar-refractivity contribution in [2.75, 3.05) is 25.6 Å². The summed E-state index contributed by atoms with van der Waals surface area (Å²) >= 11 is 0. The normalized spacial score (nSPS) is 18.5. The Hall–Kier alpha value is -2.41. The van der Waals surface area contributed by atoms with Crippen LogP contribution in [0.4, 0.5) is 10.5 Å². The quantitative estimate of drug-likeness (QED) is 0.807. The summed E-state index contributed by atoms with van der Waals surface area (Å²) < 4.78 is 7.09. The average molecular weight is 314 g/mol. The third-order valence-corrected chi connectivity index (χ3v) is 4.42. The van der Waals surface area contributed by atoms with Gasteiger partial charge in [0.05, 0.1) is 18.0 Å². The predicted octanol–water partition coefficient (Wildman–Crippen LogP) is 1.76. The Morgan fingerprint density at radius 2 is 2.09 bits per heavy atom. The molecule has 3 heterocycles. The number of methoxy groups -OCH3 is 1. The minimum Gasteiger partial charge on any atom is -0.378 e. The van der Waals surface area contributed by atoms with Crippen LogP contribution < -0.4 is 4.90 Å². The van der Waals surface area contributed by atoms with Gasteiger partial charge >= 0.3 is 6.03 Å². The summed E-state index contributed by atoms with van der Waals surface area (Å²) in [7, 11) is 3.13. The van der Waals surface area contributed by atoms with E-state index in [0.29, 0.717) is 23.9 Å². The van der Waals surface area contributed by atoms with Gasteiger partial charge in [-0.15, -0.1) is 0 Å². The number of pyridine rings is 1. The first-order chi connectivity index (χ1) is 11.1. The van der Waals surface area contributed by atoms with E-state index in [1.165, 1.54) is 17.5 Å². The zero-order chi connectivity index (χ0) is 16.1. The number of hydrogen-bond donors (Lipinski definition) is 0. The van der Waals surface area contributed by atoms with Crippen molar-refractivity contribution < 1.29 is 14.3 Å². The molecule has 1 saturated heterocycles. The van der Waals surface area contributed by atoms with Crippen LogP contribution in [0.15, 0.2) is 18.5 Å². The van der Waals surface area contributed by atoms with Gasteiger partial charge in [-0.05, 0) is 30.4 Å². The molecule has 7 heteroatoms. The number of hydrogen-bond acceptors (Lipinski definition) is 4. The van der Waals surface area contributed by atoms with Gasteiger partial charge in [0.25, 0.3) is 0 Å². The van der Waals surface area contributed by atoms with E-state index in [2.05, 4.69) is 11.2 Å². The Morgan fingerprint density at radius 1 is 1.30 bits per heavy atom. The lowest BCUT2D eigenvalue weighted by atomic mass is 10.1. The predicted molar refractivity (Wildman–Crippen MR) is 83.4 cm³/mol. The van der Waals surface area contributed by atoms with Gasteiger partial charge in [0.2, 0.25) is 5.91 Å². The van der Waals surface area contributed by atoms with E-state index in [1.54, 1.807) is 7.11 Å². The average Bonchev–Trinajstić information content (AvgIpc) is 3.25. The van der Waals surface area contributed by atoms with Crippen molar-refractivity contribution >= 4 is 23.3 Å². The maximum atomic E-state index is 12.4. The van der Waals surface area contributed by atoms with Crippen LogP contribution in [-0.2, 0) is 16.1 Å². The van der Waals surface area contributed by atoms with Gasteiger partial charge in [-0.25, -0.2) is 9.78 Å². The van der Waals surface area contributed by atoms with Crippen LogP contribution >= 0.6 is 0 Å². The Morgan fingerprint density at radius 3 is 2.70 bits per heavy atom. The Bertz CT molecular complexity index is 809. The topological polar surface area (TPSA) is 67.2 Å². The minimum absolute atomic E-state index is 0.0611. The molecule has 7 nitrogen and oxygen atoms in total. The van der Waals surface area contributed by atoms with Crippen molar-refractivity contribution in [1.82, 2.24) is 14.3 Å². The maximum Gasteiger partial charge on any atom is 0.331 e. The molecule has 4 rings (SSSR count). The molecule has 1 saturated carbocycles. The Balaban J connectivity index is 1.86. The van der Waals surface area contributed by atoms with Gasteiger partial charge in [0.15, 0.2) is 5.65 Å². The first kappa shape index (κ1) is 14.2. The molecule has 1 aliphatic heterocycles. The molecule has 0 unspecified atom stereocenters. The number of likely N-dealkylation sites (N-methyl/N-ethyl adjacent to an activating group) is 1. The van der Waals surface area contributed by atoms with Gasteiger partial charge in [0, 0.05) is 26.6 Å². The number of fused-ring (bicyclic) bond motifs is 1. The summed E-state index contributed by atoms with van der Waals surface area (Å²) in [6.07, 6.45) is 6.31. The van der Waals surface area contributed by atoms with Crippen LogP contribution in [-0.4, -0.2) is 46.9 Å². The highest BCUT2D eigenvalue weighted by Gasteiger charge is 2.36. The molecule has 23 heavy (non-hydrogen) atoms. The van der Waals surface area contributed by atoms with Crippen LogP contribution in [0.1, 0.15) is 30.0 Å². The number of imidazole rings is 1. The zero-order valence-corrected chi connectivity index (χ0v) is 13.2. The van der Waals surface area contributed by atoms with Crippen molar-refractivity contribution in [1.29, 1.82) is 0 Å². The largest absolute Gasteiger partial charge is 0.378 e. The number of urea groups is 1. The maximum absolute atomic E-state index is 12.4. The third-order valence-electron chi connectivity index (χ3n) is 4.42. The van der Waals surface area contributed by atoms with Crippen LogP contribution in [0.3, 0.4) is 0 Å². The third kappa shape index (κ3) is 2.28. The fourth-order valence-electron chi connectivity index (χ4n) is 2.99. The van der Waals surface area contributed by atoms with Crippen LogP contribution in [0.25, 0.3) is 5.65 Å². The first-order valence-corrected chi connectivity index (χ1v) is 7.67. The van der Waals surface area contributed by atoms with Gasteiger partial charge in [0.1, 0.15) is 6.54 Å². The SMILES string of the molecule is COCc1cn2cc(C3CC3)cc(N3CC(=O)N(C)C3=O)c2n1. The molecule has 0 spiro atoms. The second kappa shape index (κ2) is 5.06. The second-order valence-electron chi connectivity index (χ2n) is 6.15. The van der Waals surface area contributed by atoms with Crippen LogP contribution in [0.2, 0.25) is 0 Å². The van der Waals surface area contributed by atoms with Gasteiger partial charge < -0.3 is 9.14 Å². The number of imide groups is 1. The summed E-state index contributed by atoms with van der Waals surface area (Å²) in [6, 6.07) is 1.70. The van der Waals surface area contributed by atoms with Crippen molar-refractivity contribution in [3.8, 4) is 0 Å². The molecule has 0 N–H and O–H groups in total. The Kier molecular flexibility index (Phi) is 3.12. The summed E-state index contributed by atoms with van der Waals surface area (Å²) in [5.74, 6) is 0.339. The lowest BCUT2D eigenvalue weighted by molar-refractivity contribution is -0.123. The smallest absolute Gasteiger partial charge is 0.331 e. The number of rotatable bonds is 4. The molecular weight excluding hydrogens is 296 g/mol. The standard InChI is InChI=1S/C16H18N4O3/c1-18-14(21)8-20(16(18)22)13-5-11(10-3-4-10)6-19-7-12(9-23-2)17-15(13)19/h5-7,10H,3-4,8-9H2,1-2H3. The fraction of sp³-hybridized carbons (Fsp3) is 0.438. The molecule has 0 aromatic carbocycles. The van der Waals surface area contributed by atoms with E-state index in [9.17, 15) is 9.59 Å². The molecule has 2 aliphatic rings. The van der Waals surface area contributed by atoms with Crippen molar-refractivity contribution in [2.45, 2.75) is 25.4 Å². The number of ether oxygens (including phenoxy) is 1. The molecule has 120 valence electrons. The number of carbonyl (C=O) groups is 2. The molecule has 0 radical (unpaired) electrons. The molecule has 2 fully saturated rings. The molecular formula is C16H18N4O3. The van der Waals surface area contributed by atoms with Gasteiger partial charge in [-0.1, -0.05) is 0 Å². The van der Waals surface area contributed by atoms with E-state index in [-0.39, 0.29) is 18.5 Å². The van der Waals surface area contributed by atoms with Crippen LogP contribution in [0.5, 0.6) is 0 Å². The molecule has 2 aromatic heterocycles. The molecule has 0 atom stereocenters. The fourth-order valence-corrected chi connectivity index (χ4v) is 2.99. The second-order valence-corrected chi connectivity index (χ2v) is 6.15. The highest BCUT2D eigenvalue weighted by atomic mass is 16.5. The number of aromatic nitrogens is 2. The summed E-state index contributed by atoms with van der Waals surface area (Å²) in [6.45, 7) is 0.470. The zero-order valence-electron chi connectivity index (χ0n) is 13.2. The van der Waals surface area contributed by atoms with E-state index in [4.69, 9.17) is 4.74 Å². The van der Waals surface area contributed by atoms with Gasteiger partial charge in [-0.3, -0.25) is 14.6 Å². The Labute approximate surface area is 133 Å². The first-order valence-electron chi connectivity index (χ1n) is 7.67. The number of nitrogens with zero attached hydrogens (tertiary/aromatic N) is 4. The highest BCUT2D eigenvalue weighted by Crippen LogP contribution is 2.42. The van der Waals surface area contributed by atoms with E-state index in [1.807, 2.05) is 16.7 Å². The van der Waals surface area contributed by atoms with Crippen molar-refractivity contribution in [2.24, 2.45) is 0 Å². The van der Waals surface area contributed by atoms with E-state index >= 15 is 0 Å². The highest BCUT2D eigenvalue weighted by molar-refractivity contribution is 6.13. The monoisotopic (exact) mass is 314 g/mol. The molecule has 3 amide bonds. The minimum atomic E-state index is -0.305. The number of amides is 3.